The Hall–Kier alpha value is -2.50. The van der Waals surface area contributed by atoms with Crippen molar-refractivity contribution < 1.29 is 9.21 Å². The topological polar surface area (TPSA) is 81.1 Å². The molecule has 0 unspecified atom stereocenters. The molecule has 5 nitrogen and oxygen atoms in total. The zero-order valence-corrected chi connectivity index (χ0v) is 13.9. The van der Waals surface area contributed by atoms with E-state index in [4.69, 9.17) is 10.2 Å². The van der Waals surface area contributed by atoms with Gasteiger partial charge in [0.1, 0.15) is 5.52 Å². The number of oxazole rings is 1. The predicted molar refractivity (Wildman–Crippen MR) is 97.4 cm³/mol. The van der Waals surface area contributed by atoms with Crippen molar-refractivity contribution >= 4 is 16.9 Å². The van der Waals surface area contributed by atoms with E-state index < -0.39 is 0 Å². The minimum absolute atomic E-state index is 0.0876. The van der Waals surface area contributed by atoms with Crippen LogP contribution in [0.1, 0.15) is 29.6 Å². The highest BCUT2D eigenvalue weighted by atomic mass is 16.3. The lowest BCUT2D eigenvalue weighted by atomic mass is 10.1. The molecule has 0 aliphatic heterocycles. The molecule has 0 saturated heterocycles. The number of nitrogens with zero attached hydrogens (tertiary/aromatic N) is 1. The first-order valence-electron chi connectivity index (χ1n) is 8.67. The van der Waals surface area contributed by atoms with E-state index in [0.29, 0.717) is 24.0 Å². The van der Waals surface area contributed by atoms with Crippen LogP contribution in [0.15, 0.2) is 52.9 Å². The molecule has 1 saturated carbocycles. The number of carbonyl (C=O) groups excluding carboxylic acids is 1. The maximum atomic E-state index is 12.3. The summed E-state index contributed by atoms with van der Waals surface area (Å²) in [5.74, 6) is 0.655. The Bertz CT molecular complexity index is 852. The van der Waals surface area contributed by atoms with Gasteiger partial charge in [0.25, 0.3) is 0 Å². The molecule has 1 aliphatic rings. The number of hydrogen-bond acceptors (Lipinski definition) is 5. The maximum Gasteiger partial charge on any atom is 0.227 e. The molecule has 2 aromatic carbocycles. The molecule has 3 aromatic rings. The Balaban J connectivity index is 1.43. The summed E-state index contributed by atoms with van der Waals surface area (Å²) in [4.78, 5) is 16.8. The molecule has 0 radical (unpaired) electrons. The summed E-state index contributed by atoms with van der Waals surface area (Å²) in [5, 5.41) is 3.31. The number of nitrogens with two attached hydrogens (primary N) is 1. The van der Waals surface area contributed by atoms with Crippen molar-refractivity contribution in [2.75, 3.05) is 6.54 Å². The Morgan fingerprint density at radius 3 is 2.68 bits per heavy atom. The molecule has 1 heterocycles. The minimum Gasteiger partial charge on any atom is -0.436 e. The molecule has 1 fully saturated rings. The van der Waals surface area contributed by atoms with Gasteiger partial charge in [-0.2, -0.15) is 0 Å². The molecule has 25 heavy (non-hydrogen) atoms. The van der Waals surface area contributed by atoms with Crippen LogP contribution >= 0.6 is 0 Å². The number of ketones is 1. The van der Waals surface area contributed by atoms with Crippen molar-refractivity contribution in [2.45, 2.75) is 31.3 Å². The average Bonchev–Trinajstić information content (AvgIpc) is 3.25. The number of aromatic nitrogens is 1. The first-order chi connectivity index (χ1) is 12.2. The molecule has 0 bridgehead atoms. The van der Waals surface area contributed by atoms with Gasteiger partial charge in [0.2, 0.25) is 5.89 Å². The summed E-state index contributed by atoms with van der Waals surface area (Å²) in [7, 11) is 0. The molecule has 1 aliphatic carbocycles. The van der Waals surface area contributed by atoms with Gasteiger partial charge >= 0.3 is 0 Å². The van der Waals surface area contributed by atoms with Gasteiger partial charge < -0.3 is 15.5 Å². The van der Waals surface area contributed by atoms with E-state index >= 15 is 0 Å². The molecule has 1 aromatic heterocycles. The molecule has 4 rings (SSSR count). The van der Waals surface area contributed by atoms with Gasteiger partial charge in [0, 0.05) is 23.2 Å². The number of hydrogen-bond donors (Lipinski definition) is 2. The Morgan fingerprint density at radius 2 is 1.96 bits per heavy atom. The van der Waals surface area contributed by atoms with Crippen molar-refractivity contribution in [3.63, 3.8) is 0 Å². The third kappa shape index (κ3) is 3.48. The lowest BCUT2D eigenvalue weighted by Gasteiger charge is -2.11. The van der Waals surface area contributed by atoms with Crippen LogP contribution in [-0.2, 0) is 0 Å². The zero-order chi connectivity index (χ0) is 17.2. The van der Waals surface area contributed by atoms with Crippen LogP contribution in [0.3, 0.4) is 0 Å². The van der Waals surface area contributed by atoms with Crippen LogP contribution in [0.2, 0.25) is 0 Å². The van der Waals surface area contributed by atoms with Crippen molar-refractivity contribution in [3.05, 3.63) is 54.1 Å². The van der Waals surface area contributed by atoms with Gasteiger partial charge in [-0.15, -0.1) is 0 Å². The summed E-state index contributed by atoms with van der Waals surface area (Å²) in [6, 6.07) is 15.7. The van der Waals surface area contributed by atoms with Crippen LogP contribution in [0, 0.1) is 0 Å². The fraction of sp³-hybridized carbons (Fsp3) is 0.300. The van der Waals surface area contributed by atoms with E-state index in [2.05, 4.69) is 10.3 Å². The number of para-hydroxylation sites is 2. The smallest absolute Gasteiger partial charge is 0.227 e. The standard InChI is InChI=1S/C20H21N3O2/c21-15-9-10-16(11-15)22-12-18(24)13-5-7-14(8-6-13)20-23-17-3-1-2-4-19(17)25-20/h1-8,15-16,22H,9-12,21H2/t15-,16+/m0/s1. The second kappa shape index (κ2) is 6.78. The van der Waals surface area contributed by atoms with Gasteiger partial charge in [-0.1, -0.05) is 24.3 Å². The van der Waals surface area contributed by atoms with Crippen LogP contribution in [0.4, 0.5) is 0 Å². The third-order valence-electron chi connectivity index (χ3n) is 4.77. The Morgan fingerprint density at radius 1 is 1.16 bits per heavy atom. The highest BCUT2D eigenvalue weighted by Gasteiger charge is 2.21. The van der Waals surface area contributed by atoms with E-state index in [9.17, 15) is 4.79 Å². The summed E-state index contributed by atoms with van der Waals surface area (Å²) >= 11 is 0. The maximum absolute atomic E-state index is 12.3. The summed E-state index contributed by atoms with van der Waals surface area (Å²) in [5.41, 5.74) is 9.05. The molecule has 5 heteroatoms. The molecule has 2 atom stereocenters. The zero-order valence-electron chi connectivity index (χ0n) is 13.9. The van der Waals surface area contributed by atoms with Gasteiger partial charge in [-0.05, 0) is 43.5 Å². The third-order valence-corrected chi connectivity index (χ3v) is 4.77. The van der Waals surface area contributed by atoms with E-state index in [0.717, 1.165) is 35.9 Å². The predicted octanol–water partition coefficient (Wildman–Crippen LogP) is 3.15. The number of Topliss-reactive ketones (excluding diaryl/α,β-unsaturated/α-hetero) is 1. The summed E-state index contributed by atoms with van der Waals surface area (Å²) < 4.78 is 5.76. The largest absolute Gasteiger partial charge is 0.436 e. The highest BCUT2D eigenvalue weighted by Crippen LogP contribution is 2.24. The van der Waals surface area contributed by atoms with Crippen LogP contribution in [-0.4, -0.2) is 29.4 Å². The first-order valence-corrected chi connectivity index (χ1v) is 8.67. The first kappa shape index (κ1) is 16.0. The minimum atomic E-state index is 0.0876. The van der Waals surface area contributed by atoms with Gasteiger partial charge in [-0.25, -0.2) is 4.98 Å². The second-order valence-electron chi connectivity index (χ2n) is 6.64. The van der Waals surface area contributed by atoms with Crippen molar-refractivity contribution in [2.24, 2.45) is 5.73 Å². The monoisotopic (exact) mass is 335 g/mol. The SMILES string of the molecule is N[C@H]1CC[C@@H](NCC(=O)c2ccc(-c3nc4ccccc4o3)cc2)C1. The number of fused-ring (bicyclic) bond motifs is 1. The molecule has 0 spiro atoms. The quantitative estimate of drug-likeness (QED) is 0.700. The normalized spacial score (nSPS) is 20.2. The lowest BCUT2D eigenvalue weighted by molar-refractivity contribution is 0.0987. The van der Waals surface area contributed by atoms with Gasteiger partial charge in [0.15, 0.2) is 11.4 Å². The molecular formula is C20H21N3O2. The second-order valence-corrected chi connectivity index (χ2v) is 6.64. The number of nitrogens with one attached hydrogen (secondary N) is 1. The van der Waals surface area contributed by atoms with Gasteiger partial charge in [-0.3, -0.25) is 4.79 Å². The van der Waals surface area contributed by atoms with Crippen molar-refractivity contribution in [3.8, 4) is 11.5 Å². The van der Waals surface area contributed by atoms with E-state index in [1.807, 2.05) is 48.5 Å². The van der Waals surface area contributed by atoms with Crippen LogP contribution in [0.25, 0.3) is 22.6 Å². The molecule has 128 valence electrons. The molecule has 3 N–H and O–H groups in total. The van der Waals surface area contributed by atoms with Crippen LogP contribution in [0.5, 0.6) is 0 Å². The summed E-state index contributed by atoms with van der Waals surface area (Å²) in [6.45, 7) is 0.347. The lowest BCUT2D eigenvalue weighted by Crippen LogP contribution is -2.33. The summed E-state index contributed by atoms with van der Waals surface area (Å²) in [6.07, 6.45) is 3.03. The Labute approximate surface area is 146 Å². The van der Waals surface area contributed by atoms with Crippen molar-refractivity contribution in [1.29, 1.82) is 0 Å². The molecule has 0 amide bonds. The number of benzene rings is 2. The Kier molecular flexibility index (Phi) is 4.34. The van der Waals surface area contributed by atoms with E-state index in [-0.39, 0.29) is 11.8 Å². The van der Waals surface area contributed by atoms with E-state index in [1.54, 1.807) is 0 Å². The highest BCUT2D eigenvalue weighted by molar-refractivity contribution is 5.98. The average molecular weight is 335 g/mol. The van der Waals surface area contributed by atoms with Crippen molar-refractivity contribution in [1.82, 2.24) is 10.3 Å². The number of carbonyl (C=O) groups is 1. The van der Waals surface area contributed by atoms with E-state index in [1.165, 1.54) is 0 Å². The fourth-order valence-corrected chi connectivity index (χ4v) is 3.34. The van der Waals surface area contributed by atoms with Crippen LogP contribution < -0.4 is 11.1 Å². The molecular weight excluding hydrogens is 314 g/mol. The number of rotatable bonds is 5. The van der Waals surface area contributed by atoms with Gasteiger partial charge in [0.05, 0.1) is 6.54 Å². The fourth-order valence-electron chi connectivity index (χ4n) is 3.34.